The number of halogens is 1. The van der Waals surface area contributed by atoms with Gasteiger partial charge in [0.25, 0.3) is 0 Å². The van der Waals surface area contributed by atoms with Crippen LogP contribution in [0.4, 0.5) is 0 Å². The first-order valence-corrected chi connectivity index (χ1v) is 7.59. The summed E-state index contributed by atoms with van der Waals surface area (Å²) in [6, 6.07) is 3.69. The number of benzene rings is 1. The molecule has 0 saturated carbocycles. The maximum absolute atomic E-state index is 10.0. The molecule has 0 saturated heterocycles. The fourth-order valence-corrected chi connectivity index (χ4v) is 2.66. The van der Waals surface area contributed by atoms with Crippen LogP contribution in [-0.4, -0.2) is 16.0 Å². The van der Waals surface area contributed by atoms with Crippen molar-refractivity contribution in [3.05, 3.63) is 27.7 Å². The number of aromatic hydroxyl groups is 1. The molecule has 0 fully saturated rings. The maximum atomic E-state index is 10.0. The van der Waals surface area contributed by atoms with Crippen LogP contribution in [0, 0.1) is 6.92 Å². The minimum absolute atomic E-state index is 0.145. The number of rotatable bonds is 7. The Morgan fingerprint density at radius 3 is 2.53 bits per heavy atom. The van der Waals surface area contributed by atoms with Gasteiger partial charge in [0.15, 0.2) is 0 Å². The van der Waals surface area contributed by atoms with Gasteiger partial charge in [-0.25, -0.2) is 0 Å². The summed E-state index contributed by atoms with van der Waals surface area (Å²) in [7, 11) is 0. The van der Waals surface area contributed by atoms with Gasteiger partial charge in [0.2, 0.25) is 0 Å². The van der Waals surface area contributed by atoms with Gasteiger partial charge in [-0.1, -0.05) is 37.8 Å². The van der Waals surface area contributed by atoms with Gasteiger partial charge in [-0.05, 0) is 53.4 Å². The highest BCUT2D eigenvalue weighted by Gasteiger charge is 2.13. The van der Waals surface area contributed by atoms with Gasteiger partial charge in [-0.2, -0.15) is 0 Å². The van der Waals surface area contributed by atoms with Crippen LogP contribution >= 0.6 is 15.9 Å². The molecular weight excluding hydrogens is 306 g/mol. The van der Waals surface area contributed by atoms with Gasteiger partial charge >= 0.3 is 0 Å². The van der Waals surface area contributed by atoms with E-state index in [-0.39, 0.29) is 5.75 Å². The van der Waals surface area contributed by atoms with Gasteiger partial charge in [0.05, 0.1) is 10.2 Å². The second-order valence-electron chi connectivity index (χ2n) is 4.85. The molecule has 0 heterocycles. The molecule has 0 amide bonds. The Kier molecular flexibility index (Phi) is 6.92. The minimum atomic E-state index is 0.145. The number of aryl methyl sites for hydroxylation is 1. The highest BCUT2D eigenvalue weighted by Crippen LogP contribution is 2.30. The molecule has 0 aromatic heterocycles. The van der Waals surface area contributed by atoms with Crippen LogP contribution in [0.25, 0.3) is 0 Å². The average molecular weight is 328 g/mol. The molecule has 19 heavy (non-hydrogen) atoms. The Morgan fingerprint density at radius 2 is 1.89 bits per heavy atom. The topological polar surface area (TPSA) is 52.8 Å². The van der Waals surface area contributed by atoms with Crippen molar-refractivity contribution in [2.75, 3.05) is 0 Å². The fourth-order valence-electron chi connectivity index (χ4n) is 2.09. The van der Waals surface area contributed by atoms with Crippen molar-refractivity contribution in [2.45, 2.75) is 52.4 Å². The smallest absolute Gasteiger partial charge is 0.138 e. The van der Waals surface area contributed by atoms with Crippen molar-refractivity contribution in [1.29, 1.82) is 0 Å². The highest BCUT2D eigenvalue weighted by atomic mass is 79.9. The first-order valence-electron chi connectivity index (χ1n) is 6.80. The number of hydrogen-bond acceptors (Lipinski definition) is 3. The number of phenolic OH excluding ortho intramolecular Hbond substituents is 1. The molecule has 1 aromatic carbocycles. The summed E-state index contributed by atoms with van der Waals surface area (Å²) < 4.78 is 0.634. The maximum Gasteiger partial charge on any atom is 0.138 e. The molecule has 0 radical (unpaired) electrons. The lowest BCUT2D eigenvalue weighted by Gasteiger charge is -2.10. The first kappa shape index (κ1) is 16.0. The van der Waals surface area contributed by atoms with Gasteiger partial charge in [-0.3, -0.25) is 0 Å². The Balaban J connectivity index is 2.70. The molecule has 106 valence electrons. The zero-order valence-corrected chi connectivity index (χ0v) is 13.2. The number of phenols is 1. The second-order valence-corrected chi connectivity index (χ2v) is 5.71. The monoisotopic (exact) mass is 327 g/mol. The highest BCUT2D eigenvalue weighted by molar-refractivity contribution is 9.10. The quantitative estimate of drug-likeness (QED) is 0.320. The van der Waals surface area contributed by atoms with Crippen molar-refractivity contribution in [2.24, 2.45) is 5.16 Å². The van der Waals surface area contributed by atoms with Crippen LogP contribution in [0.5, 0.6) is 5.75 Å². The van der Waals surface area contributed by atoms with E-state index in [1.54, 1.807) is 0 Å². The molecule has 4 heteroatoms. The summed E-state index contributed by atoms with van der Waals surface area (Å²) in [4.78, 5) is 0. The van der Waals surface area contributed by atoms with E-state index in [2.05, 4.69) is 28.0 Å². The normalized spacial score (nSPS) is 11.8. The standard InChI is InChI=1S/C15H22BrNO2/c1-3-4-5-6-7-8-14(17-19)12-9-11(2)10-13(16)15(12)18/h9-10,18-19H,3-8H2,1-2H3/b17-14-. The van der Waals surface area contributed by atoms with Gasteiger partial charge in [0, 0.05) is 5.56 Å². The molecule has 1 aromatic rings. The third-order valence-corrected chi connectivity index (χ3v) is 3.76. The van der Waals surface area contributed by atoms with Crippen LogP contribution in [0.3, 0.4) is 0 Å². The second kappa shape index (κ2) is 8.20. The summed E-state index contributed by atoms with van der Waals surface area (Å²) in [5.74, 6) is 0.145. The number of hydrogen-bond donors (Lipinski definition) is 2. The SMILES string of the molecule is CCCCCCC/C(=N/O)c1cc(C)cc(Br)c1O. The molecule has 0 atom stereocenters. The Labute approximate surface area is 123 Å². The first-order chi connectivity index (χ1) is 9.10. The van der Waals surface area contributed by atoms with Crippen LogP contribution in [0.1, 0.15) is 56.6 Å². The van der Waals surface area contributed by atoms with Gasteiger partial charge in [-0.15, -0.1) is 0 Å². The predicted molar refractivity (Wildman–Crippen MR) is 82.2 cm³/mol. The Hall–Kier alpha value is -1.03. The molecule has 3 nitrogen and oxygen atoms in total. The number of nitrogens with zero attached hydrogens (tertiary/aromatic N) is 1. The Bertz CT molecular complexity index is 444. The van der Waals surface area contributed by atoms with E-state index in [1.165, 1.54) is 19.3 Å². The molecule has 0 unspecified atom stereocenters. The molecule has 0 spiro atoms. The van der Waals surface area contributed by atoms with Crippen molar-refractivity contribution in [1.82, 2.24) is 0 Å². The number of unbranched alkanes of at least 4 members (excludes halogenated alkanes) is 4. The zero-order valence-electron chi connectivity index (χ0n) is 11.6. The van der Waals surface area contributed by atoms with Crippen molar-refractivity contribution < 1.29 is 10.3 Å². The molecule has 0 bridgehead atoms. The van der Waals surface area contributed by atoms with E-state index in [0.717, 1.165) is 18.4 Å². The molecular formula is C15H22BrNO2. The molecule has 1 rings (SSSR count). The van der Waals surface area contributed by atoms with Crippen LogP contribution in [0.2, 0.25) is 0 Å². The summed E-state index contributed by atoms with van der Waals surface area (Å²) in [6.07, 6.45) is 6.45. The molecule has 0 aliphatic carbocycles. The van der Waals surface area contributed by atoms with E-state index < -0.39 is 0 Å². The van der Waals surface area contributed by atoms with Crippen molar-refractivity contribution in [3.8, 4) is 5.75 Å². The van der Waals surface area contributed by atoms with E-state index in [4.69, 9.17) is 5.21 Å². The third-order valence-electron chi connectivity index (χ3n) is 3.16. The third kappa shape index (κ3) is 4.86. The van der Waals surface area contributed by atoms with Crippen LogP contribution in [0.15, 0.2) is 21.8 Å². The largest absolute Gasteiger partial charge is 0.506 e. The number of oxime groups is 1. The molecule has 0 aliphatic heterocycles. The zero-order chi connectivity index (χ0) is 14.3. The summed E-state index contributed by atoms with van der Waals surface area (Å²) in [5, 5.41) is 22.5. The lowest BCUT2D eigenvalue weighted by atomic mass is 10.0. The van der Waals surface area contributed by atoms with Gasteiger partial charge < -0.3 is 10.3 Å². The van der Waals surface area contributed by atoms with E-state index in [0.29, 0.717) is 22.2 Å². The summed E-state index contributed by atoms with van der Waals surface area (Å²) in [6.45, 7) is 4.13. The average Bonchev–Trinajstić information content (AvgIpc) is 2.38. The molecule has 2 N–H and O–H groups in total. The molecule has 0 aliphatic rings. The minimum Gasteiger partial charge on any atom is -0.506 e. The lowest BCUT2D eigenvalue weighted by Crippen LogP contribution is -2.03. The van der Waals surface area contributed by atoms with E-state index in [9.17, 15) is 5.11 Å². The van der Waals surface area contributed by atoms with E-state index >= 15 is 0 Å². The predicted octanol–water partition coefficient (Wildman–Crippen LogP) is 5.00. The summed E-state index contributed by atoms with van der Waals surface area (Å²) >= 11 is 3.31. The lowest BCUT2D eigenvalue weighted by molar-refractivity contribution is 0.317. The van der Waals surface area contributed by atoms with Crippen molar-refractivity contribution >= 4 is 21.6 Å². The van der Waals surface area contributed by atoms with E-state index in [1.807, 2.05) is 19.1 Å². The fraction of sp³-hybridized carbons (Fsp3) is 0.533. The van der Waals surface area contributed by atoms with Crippen LogP contribution < -0.4 is 0 Å². The Morgan fingerprint density at radius 1 is 1.21 bits per heavy atom. The van der Waals surface area contributed by atoms with Crippen molar-refractivity contribution in [3.63, 3.8) is 0 Å². The summed E-state index contributed by atoms with van der Waals surface area (Å²) in [5.41, 5.74) is 2.19. The van der Waals surface area contributed by atoms with Crippen LogP contribution in [-0.2, 0) is 0 Å². The van der Waals surface area contributed by atoms with Gasteiger partial charge in [0.1, 0.15) is 5.75 Å².